The molecule has 3 heterocycles. The summed E-state index contributed by atoms with van der Waals surface area (Å²) < 4.78 is 94.2. The van der Waals surface area contributed by atoms with Crippen LogP contribution in [0.2, 0.25) is 5.02 Å². The highest BCUT2D eigenvalue weighted by molar-refractivity contribution is 8.45. The minimum Gasteiger partial charge on any atom is -0.382 e. The van der Waals surface area contributed by atoms with Crippen molar-refractivity contribution in [2.75, 3.05) is 18.4 Å². The number of hydrogen-bond acceptors (Lipinski definition) is 5. The molecule has 0 bridgehead atoms. The first-order valence-corrected chi connectivity index (χ1v) is 15.6. The van der Waals surface area contributed by atoms with Crippen molar-refractivity contribution < 1.29 is 27.8 Å². The fourth-order valence-electron chi connectivity index (χ4n) is 4.55. The van der Waals surface area contributed by atoms with Gasteiger partial charge >= 0.3 is 10.2 Å². The second-order valence-corrected chi connectivity index (χ2v) is 14.1. The maximum Gasteiger partial charge on any atom is 0.310 e. The summed E-state index contributed by atoms with van der Waals surface area (Å²) in [6.07, 6.45) is 3.84. The van der Waals surface area contributed by atoms with Crippen LogP contribution < -0.4 is 5.32 Å². The van der Waals surface area contributed by atoms with E-state index in [0.717, 1.165) is 12.1 Å². The number of halogens is 6. The number of sulfonamides is 1. The van der Waals surface area contributed by atoms with Crippen molar-refractivity contribution in [3.8, 4) is 17.2 Å². The van der Waals surface area contributed by atoms with Gasteiger partial charge in [-0.15, -0.1) is 0 Å². The third-order valence-corrected chi connectivity index (χ3v) is 10.2. The zero-order valence-electron chi connectivity index (χ0n) is 20.4. The minimum atomic E-state index is -9.75. The standard InChI is InChI=1S/C25H21ClF5N5O2S2/c26-23-13-17(18-2-8-25-33-15-21(14-32)36(25)16-18)1-7-24(23)39(37,38)35-11-9-20(10-12-35)34-19-3-5-22(6-4-19)40(27,28,29,30)31/h1-8,13,15-16,20,34H,9-12H2. The van der Waals surface area contributed by atoms with E-state index in [1.807, 2.05) is 0 Å². The number of aromatic nitrogens is 2. The quantitative estimate of drug-likeness (QED) is 0.227. The van der Waals surface area contributed by atoms with E-state index in [-0.39, 0.29) is 34.7 Å². The molecular weight excluding hydrogens is 597 g/mol. The van der Waals surface area contributed by atoms with Crippen LogP contribution in [0.25, 0.3) is 16.8 Å². The number of benzene rings is 2. The van der Waals surface area contributed by atoms with Crippen molar-refractivity contribution in [2.24, 2.45) is 0 Å². The van der Waals surface area contributed by atoms with Crippen molar-refractivity contribution in [3.63, 3.8) is 0 Å². The first-order chi connectivity index (χ1) is 18.5. The molecule has 2 aromatic carbocycles. The van der Waals surface area contributed by atoms with E-state index in [2.05, 4.69) is 16.4 Å². The van der Waals surface area contributed by atoms with Gasteiger partial charge in [0.15, 0.2) is 0 Å². The van der Waals surface area contributed by atoms with Gasteiger partial charge in [0.25, 0.3) is 0 Å². The summed E-state index contributed by atoms with van der Waals surface area (Å²) in [6, 6.07) is 12.4. The number of nitriles is 1. The Hall–Kier alpha value is -3.38. The van der Waals surface area contributed by atoms with Gasteiger partial charge in [0.05, 0.1) is 11.2 Å². The number of rotatable bonds is 6. The van der Waals surface area contributed by atoms with Crippen LogP contribution in [0.1, 0.15) is 18.5 Å². The third-order valence-electron chi connectivity index (χ3n) is 6.63. The summed E-state index contributed by atoms with van der Waals surface area (Å²) >= 11 is 6.42. The van der Waals surface area contributed by atoms with E-state index in [9.17, 15) is 33.1 Å². The average molecular weight is 618 g/mol. The van der Waals surface area contributed by atoms with Gasteiger partial charge in [-0.3, -0.25) is 4.40 Å². The van der Waals surface area contributed by atoms with Gasteiger partial charge in [0.1, 0.15) is 27.2 Å². The number of nitrogens with zero attached hydrogens (tertiary/aromatic N) is 4. The average Bonchev–Trinajstić information content (AvgIpc) is 3.30. The Labute approximate surface area is 231 Å². The van der Waals surface area contributed by atoms with Crippen LogP contribution in [0.15, 0.2) is 76.8 Å². The van der Waals surface area contributed by atoms with E-state index < -0.39 is 25.1 Å². The molecule has 15 heteroatoms. The molecule has 0 amide bonds. The van der Waals surface area contributed by atoms with Crippen LogP contribution in [0, 0.1) is 11.3 Å². The first-order valence-electron chi connectivity index (χ1n) is 11.8. The summed E-state index contributed by atoms with van der Waals surface area (Å²) in [4.78, 5) is 2.10. The maximum absolute atomic E-state index is 13.3. The predicted molar refractivity (Wildman–Crippen MR) is 144 cm³/mol. The maximum atomic E-state index is 13.3. The molecule has 40 heavy (non-hydrogen) atoms. The molecule has 7 nitrogen and oxygen atoms in total. The Morgan fingerprint density at radius 2 is 1.62 bits per heavy atom. The van der Waals surface area contributed by atoms with Crippen LogP contribution in [0.3, 0.4) is 0 Å². The van der Waals surface area contributed by atoms with Crippen molar-refractivity contribution in [3.05, 3.63) is 77.7 Å². The van der Waals surface area contributed by atoms with Crippen LogP contribution >= 0.6 is 21.8 Å². The lowest BCUT2D eigenvalue weighted by molar-refractivity contribution is 0.330. The molecule has 0 atom stereocenters. The second kappa shape index (κ2) is 9.07. The Morgan fingerprint density at radius 1 is 0.975 bits per heavy atom. The first kappa shape index (κ1) is 28.2. The fourth-order valence-corrected chi connectivity index (χ4v) is 7.19. The molecule has 0 unspecified atom stereocenters. The number of fused-ring (bicyclic) bond motifs is 1. The molecule has 1 N–H and O–H groups in total. The summed E-state index contributed by atoms with van der Waals surface area (Å²) in [6.45, 7) is 0.242. The molecule has 1 aliphatic heterocycles. The largest absolute Gasteiger partial charge is 0.382 e. The Balaban J connectivity index is 1.27. The number of anilines is 1. The molecule has 5 rings (SSSR count). The summed E-state index contributed by atoms with van der Waals surface area (Å²) in [7, 11) is -13.7. The van der Waals surface area contributed by atoms with Gasteiger partial charge in [0.2, 0.25) is 10.0 Å². The second-order valence-electron chi connectivity index (χ2n) is 9.36. The molecule has 1 saturated heterocycles. The van der Waals surface area contributed by atoms with Crippen molar-refractivity contribution in [1.82, 2.24) is 13.7 Å². The van der Waals surface area contributed by atoms with Crippen molar-refractivity contribution in [2.45, 2.75) is 28.7 Å². The highest BCUT2D eigenvalue weighted by atomic mass is 35.5. The van der Waals surface area contributed by atoms with Gasteiger partial charge in [-0.25, -0.2) is 13.4 Å². The lowest BCUT2D eigenvalue weighted by Crippen LogP contribution is -2.42. The van der Waals surface area contributed by atoms with Crippen LogP contribution in [0.5, 0.6) is 0 Å². The van der Waals surface area contributed by atoms with E-state index in [1.165, 1.54) is 22.6 Å². The zero-order valence-corrected chi connectivity index (χ0v) is 22.8. The lowest BCUT2D eigenvalue weighted by Gasteiger charge is -2.40. The van der Waals surface area contributed by atoms with Crippen LogP contribution in [0.4, 0.5) is 25.1 Å². The highest BCUT2D eigenvalue weighted by Crippen LogP contribution is 3.02. The Bertz CT molecular complexity index is 1770. The number of pyridine rings is 1. The summed E-state index contributed by atoms with van der Waals surface area (Å²) in [5, 5.41) is 12.3. The molecule has 2 aromatic heterocycles. The Kier molecular flexibility index (Phi) is 6.38. The minimum absolute atomic E-state index is 0.0213. The molecule has 0 saturated carbocycles. The number of imidazole rings is 1. The van der Waals surface area contributed by atoms with E-state index in [4.69, 9.17) is 11.6 Å². The van der Waals surface area contributed by atoms with Gasteiger partial charge < -0.3 is 5.32 Å². The molecular formula is C25H21ClF5N5O2S2. The normalized spacial score (nSPS) is 17.2. The number of piperidine rings is 1. The monoisotopic (exact) mass is 617 g/mol. The highest BCUT2D eigenvalue weighted by Gasteiger charge is 2.65. The van der Waals surface area contributed by atoms with Crippen molar-refractivity contribution >= 4 is 43.2 Å². The molecule has 1 aliphatic rings. The van der Waals surface area contributed by atoms with Crippen LogP contribution in [-0.2, 0) is 10.0 Å². The molecule has 4 aromatic rings. The molecule has 212 valence electrons. The summed E-state index contributed by atoms with van der Waals surface area (Å²) in [5.74, 6) is 0. The van der Waals surface area contributed by atoms with Gasteiger partial charge in [0, 0.05) is 31.0 Å². The molecule has 0 spiro atoms. The Morgan fingerprint density at radius 3 is 2.23 bits per heavy atom. The molecule has 0 aliphatic carbocycles. The molecule has 0 radical (unpaired) electrons. The smallest absolute Gasteiger partial charge is 0.310 e. The SMILES string of the molecule is N#Cc1cnc2ccc(-c3ccc(S(=O)(=O)N4CCC(Nc5ccc(S(F)(F)(F)(F)F)cc5)CC4)c(Cl)c3)cn12. The third kappa shape index (κ3) is 5.60. The van der Waals surface area contributed by atoms with Gasteiger partial charge in [-0.05, 0) is 72.5 Å². The van der Waals surface area contributed by atoms with Gasteiger partial charge in [-0.2, -0.15) is 9.57 Å². The number of nitrogens with one attached hydrogen (secondary N) is 1. The lowest BCUT2D eigenvalue weighted by atomic mass is 10.1. The predicted octanol–water partition coefficient (Wildman–Crippen LogP) is 7.45. The van der Waals surface area contributed by atoms with E-state index in [0.29, 0.717) is 47.4 Å². The van der Waals surface area contributed by atoms with Crippen LogP contribution in [-0.4, -0.2) is 41.2 Å². The summed E-state index contributed by atoms with van der Waals surface area (Å²) in [5.41, 5.74) is 2.50. The topological polar surface area (TPSA) is 90.5 Å². The zero-order chi connectivity index (χ0) is 29.0. The van der Waals surface area contributed by atoms with E-state index in [1.54, 1.807) is 28.8 Å². The fraction of sp³-hybridized carbons (Fsp3) is 0.200. The van der Waals surface area contributed by atoms with Gasteiger partial charge in [-0.1, -0.05) is 37.1 Å². The van der Waals surface area contributed by atoms with Crippen molar-refractivity contribution in [1.29, 1.82) is 5.26 Å². The molecule has 1 fully saturated rings. The van der Waals surface area contributed by atoms with E-state index >= 15 is 0 Å². The number of hydrogen-bond donors (Lipinski definition) is 1.